The van der Waals surface area contributed by atoms with Crippen molar-refractivity contribution >= 4 is 10.0 Å². The number of sulfonamides is 1. The van der Waals surface area contributed by atoms with Crippen LogP contribution < -0.4 is 0 Å². The Labute approximate surface area is 90.8 Å². The Morgan fingerprint density at radius 2 is 1.53 bits per heavy atom. The molecule has 0 amide bonds. The summed E-state index contributed by atoms with van der Waals surface area (Å²) in [6, 6.07) is 7.26. The standard InChI is InChI=1S/C11H15NO2S/c1-8-4-6-11(7-5-8)15(13,14)12-9(2)10(12)3/h4-7,9-10H,1-3H3/t9-,10+,12?. The zero-order chi connectivity index (χ0) is 11.2. The molecule has 0 N–H and O–H groups in total. The van der Waals surface area contributed by atoms with Crippen molar-refractivity contribution in [3.05, 3.63) is 29.8 Å². The molecule has 1 fully saturated rings. The molecule has 0 saturated carbocycles. The molecule has 0 radical (unpaired) electrons. The predicted octanol–water partition coefficient (Wildman–Crippen LogP) is 1.78. The largest absolute Gasteiger partial charge is 0.243 e. The van der Waals surface area contributed by atoms with Gasteiger partial charge < -0.3 is 0 Å². The maximum atomic E-state index is 12.1. The smallest absolute Gasteiger partial charge is 0.207 e. The van der Waals surface area contributed by atoms with Gasteiger partial charge in [0.2, 0.25) is 10.0 Å². The molecule has 1 aliphatic rings. The van der Waals surface area contributed by atoms with Crippen LogP contribution in [0.1, 0.15) is 19.4 Å². The van der Waals surface area contributed by atoms with Crippen LogP contribution in [0.4, 0.5) is 0 Å². The Morgan fingerprint density at radius 3 is 1.93 bits per heavy atom. The molecule has 0 spiro atoms. The van der Waals surface area contributed by atoms with Crippen molar-refractivity contribution in [3.8, 4) is 0 Å². The van der Waals surface area contributed by atoms with Gasteiger partial charge in [-0.1, -0.05) is 17.7 Å². The summed E-state index contributed by atoms with van der Waals surface area (Å²) < 4.78 is 25.6. The van der Waals surface area contributed by atoms with E-state index in [2.05, 4.69) is 0 Å². The number of nitrogens with zero attached hydrogens (tertiary/aromatic N) is 1. The van der Waals surface area contributed by atoms with Crippen LogP contribution in [0.25, 0.3) is 0 Å². The molecular formula is C11H15NO2S. The van der Waals surface area contributed by atoms with Crippen LogP contribution in [-0.2, 0) is 10.0 Å². The molecule has 2 rings (SSSR count). The Morgan fingerprint density at radius 1 is 1.07 bits per heavy atom. The van der Waals surface area contributed by atoms with Gasteiger partial charge in [0.15, 0.2) is 0 Å². The maximum absolute atomic E-state index is 12.1. The number of hydrogen-bond acceptors (Lipinski definition) is 2. The van der Waals surface area contributed by atoms with Gasteiger partial charge in [-0.2, -0.15) is 4.31 Å². The van der Waals surface area contributed by atoms with E-state index in [1.165, 1.54) is 4.31 Å². The van der Waals surface area contributed by atoms with Gasteiger partial charge >= 0.3 is 0 Å². The van der Waals surface area contributed by atoms with Crippen molar-refractivity contribution in [1.29, 1.82) is 0 Å². The predicted molar refractivity (Wildman–Crippen MR) is 59.1 cm³/mol. The van der Waals surface area contributed by atoms with Crippen LogP contribution in [0.15, 0.2) is 29.2 Å². The first-order valence-corrected chi connectivity index (χ1v) is 6.49. The fraction of sp³-hybridized carbons (Fsp3) is 0.455. The van der Waals surface area contributed by atoms with Gasteiger partial charge in [0.05, 0.1) is 4.90 Å². The van der Waals surface area contributed by atoms with Gasteiger partial charge in [-0.25, -0.2) is 8.42 Å². The molecular weight excluding hydrogens is 210 g/mol. The van der Waals surface area contributed by atoms with E-state index in [1.807, 2.05) is 32.9 Å². The third-order valence-corrected chi connectivity index (χ3v) is 5.10. The summed E-state index contributed by atoms with van der Waals surface area (Å²) in [7, 11) is -3.25. The molecule has 1 heterocycles. The summed E-state index contributed by atoms with van der Waals surface area (Å²) in [6.45, 7) is 5.80. The zero-order valence-corrected chi connectivity index (χ0v) is 9.95. The SMILES string of the molecule is Cc1ccc(S(=O)(=O)N2[C@H](C)[C@@H]2C)cc1. The lowest BCUT2D eigenvalue weighted by atomic mass is 10.2. The second-order valence-corrected chi connectivity index (χ2v) is 5.97. The van der Waals surface area contributed by atoms with Gasteiger partial charge in [-0.05, 0) is 32.9 Å². The lowest BCUT2D eigenvalue weighted by Gasteiger charge is -2.05. The first kappa shape index (κ1) is 10.6. The highest BCUT2D eigenvalue weighted by Crippen LogP contribution is 2.34. The molecule has 15 heavy (non-hydrogen) atoms. The maximum Gasteiger partial charge on any atom is 0.243 e. The molecule has 82 valence electrons. The lowest BCUT2D eigenvalue weighted by molar-refractivity contribution is 0.549. The molecule has 1 saturated heterocycles. The van der Waals surface area contributed by atoms with Crippen molar-refractivity contribution in [1.82, 2.24) is 4.31 Å². The lowest BCUT2D eigenvalue weighted by Crippen LogP contribution is -2.14. The number of hydrogen-bond donors (Lipinski definition) is 0. The van der Waals surface area contributed by atoms with Crippen LogP contribution in [-0.4, -0.2) is 24.8 Å². The molecule has 1 aromatic carbocycles. The summed E-state index contributed by atoms with van der Waals surface area (Å²) in [5, 5.41) is 0. The van der Waals surface area contributed by atoms with Crippen LogP contribution >= 0.6 is 0 Å². The van der Waals surface area contributed by atoms with Crippen molar-refractivity contribution in [3.63, 3.8) is 0 Å². The van der Waals surface area contributed by atoms with E-state index >= 15 is 0 Å². The highest BCUT2D eigenvalue weighted by molar-refractivity contribution is 7.89. The molecule has 1 aromatic rings. The summed E-state index contributed by atoms with van der Waals surface area (Å²) in [6.07, 6.45) is 0. The third kappa shape index (κ3) is 1.68. The van der Waals surface area contributed by atoms with Crippen LogP contribution in [0.3, 0.4) is 0 Å². The first-order valence-electron chi connectivity index (χ1n) is 5.05. The van der Waals surface area contributed by atoms with Crippen molar-refractivity contribution in [2.24, 2.45) is 0 Å². The van der Waals surface area contributed by atoms with E-state index in [4.69, 9.17) is 0 Å². The second kappa shape index (κ2) is 3.32. The fourth-order valence-electron chi connectivity index (χ4n) is 1.74. The van der Waals surface area contributed by atoms with Crippen molar-refractivity contribution in [2.75, 3.05) is 0 Å². The van der Waals surface area contributed by atoms with E-state index in [-0.39, 0.29) is 12.1 Å². The van der Waals surface area contributed by atoms with Crippen molar-refractivity contribution in [2.45, 2.75) is 37.8 Å². The van der Waals surface area contributed by atoms with Gasteiger partial charge in [-0.15, -0.1) is 0 Å². The fourth-order valence-corrected chi connectivity index (χ4v) is 3.64. The Bertz CT molecular complexity index is 456. The Balaban J connectivity index is 2.35. The minimum absolute atomic E-state index is 0.135. The Kier molecular flexibility index (Phi) is 2.35. The first-order chi connectivity index (χ1) is 6.94. The average molecular weight is 225 g/mol. The average Bonchev–Trinajstić information content (AvgIpc) is 2.76. The minimum Gasteiger partial charge on any atom is -0.207 e. The molecule has 0 bridgehead atoms. The van der Waals surface area contributed by atoms with E-state index < -0.39 is 10.0 Å². The highest BCUT2D eigenvalue weighted by Gasteiger charge is 2.49. The van der Waals surface area contributed by atoms with Gasteiger partial charge in [0.1, 0.15) is 0 Å². The molecule has 3 nitrogen and oxygen atoms in total. The summed E-state index contributed by atoms with van der Waals surface area (Å²) >= 11 is 0. The normalized spacial score (nSPS) is 30.2. The molecule has 0 aromatic heterocycles. The third-order valence-electron chi connectivity index (χ3n) is 3.01. The van der Waals surface area contributed by atoms with Crippen LogP contribution in [0.5, 0.6) is 0 Å². The van der Waals surface area contributed by atoms with Crippen LogP contribution in [0.2, 0.25) is 0 Å². The second-order valence-electron chi connectivity index (χ2n) is 4.13. The minimum atomic E-state index is -3.25. The quantitative estimate of drug-likeness (QED) is 0.719. The van der Waals surface area contributed by atoms with Gasteiger partial charge in [0, 0.05) is 12.1 Å². The van der Waals surface area contributed by atoms with Crippen molar-refractivity contribution < 1.29 is 8.42 Å². The van der Waals surface area contributed by atoms with Crippen LogP contribution in [0, 0.1) is 6.92 Å². The van der Waals surface area contributed by atoms with E-state index in [0.717, 1.165) is 5.56 Å². The van der Waals surface area contributed by atoms with Gasteiger partial charge in [0.25, 0.3) is 0 Å². The molecule has 0 aliphatic carbocycles. The summed E-state index contributed by atoms with van der Waals surface area (Å²) in [5.74, 6) is 0. The number of aryl methyl sites for hydroxylation is 1. The van der Waals surface area contributed by atoms with E-state index in [0.29, 0.717) is 4.90 Å². The molecule has 4 heteroatoms. The van der Waals surface area contributed by atoms with Gasteiger partial charge in [-0.3, -0.25) is 0 Å². The van der Waals surface area contributed by atoms with E-state index in [1.54, 1.807) is 12.1 Å². The molecule has 1 aliphatic heterocycles. The number of benzene rings is 1. The molecule has 1 unspecified atom stereocenters. The monoisotopic (exact) mass is 225 g/mol. The zero-order valence-electron chi connectivity index (χ0n) is 9.14. The van der Waals surface area contributed by atoms with E-state index in [9.17, 15) is 8.42 Å². The summed E-state index contributed by atoms with van der Waals surface area (Å²) in [5.41, 5.74) is 1.07. The number of rotatable bonds is 2. The highest BCUT2D eigenvalue weighted by atomic mass is 32.2. The molecule has 3 atom stereocenters. The summed E-state index contributed by atoms with van der Waals surface area (Å²) in [4.78, 5) is 0.393. The Hall–Kier alpha value is -0.870. The topological polar surface area (TPSA) is 37.1 Å².